The van der Waals surface area contributed by atoms with Crippen molar-refractivity contribution in [2.75, 3.05) is 18.6 Å². The average Bonchev–Trinajstić information content (AvgIpc) is 3.17. The second-order valence-corrected chi connectivity index (χ2v) is 6.37. The van der Waals surface area contributed by atoms with Crippen molar-refractivity contribution in [3.8, 4) is 0 Å². The van der Waals surface area contributed by atoms with Crippen molar-refractivity contribution in [1.82, 2.24) is 9.55 Å². The monoisotopic (exact) mass is 364 g/mol. The summed E-state index contributed by atoms with van der Waals surface area (Å²) in [5.74, 6) is 0.462. The fourth-order valence-corrected chi connectivity index (χ4v) is 3.52. The molecule has 1 amide bonds. The van der Waals surface area contributed by atoms with Gasteiger partial charge in [0.1, 0.15) is 5.82 Å². The van der Waals surface area contributed by atoms with Crippen LogP contribution in [0, 0.1) is 0 Å². The quantitative estimate of drug-likeness (QED) is 0.414. The van der Waals surface area contributed by atoms with Crippen molar-refractivity contribution in [3.63, 3.8) is 0 Å². The number of methoxy groups -OCH3 is 1. The summed E-state index contributed by atoms with van der Waals surface area (Å²) in [4.78, 5) is 19.1. The summed E-state index contributed by atoms with van der Waals surface area (Å²) in [6.45, 7) is 1.70. The number of carbonyl (C=O) groups is 1. The number of imidazole rings is 1. The number of hydrogen-bond acceptors (Lipinski definition) is 5. The lowest BCUT2D eigenvalue weighted by atomic mass is 10.1. The summed E-state index contributed by atoms with van der Waals surface area (Å²) in [6, 6.07) is 15.2. The summed E-state index contributed by atoms with van der Waals surface area (Å²) >= 11 is 0. The van der Waals surface area contributed by atoms with Crippen LogP contribution >= 0.6 is 0 Å². The van der Waals surface area contributed by atoms with Gasteiger partial charge in [0.05, 0.1) is 23.3 Å². The molecule has 0 fully saturated rings. The third-order valence-electron chi connectivity index (χ3n) is 4.76. The number of ether oxygens (including phenoxy) is 1. The highest BCUT2D eigenvalue weighted by atomic mass is 16.5. The van der Waals surface area contributed by atoms with Crippen molar-refractivity contribution in [2.45, 2.75) is 19.5 Å². The van der Waals surface area contributed by atoms with Crippen LogP contribution in [0.3, 0.4) is 0 Å². The lowest BCUT2D eigenvalue weighted by molar-refractivity contribution is -0.112. The molecule has 138 valence electrons. The van der Waals surface area contributed by atoms with Crippen LogP contribution in [0.25, 0.3) is 11.0 Å². The lowest BCUT2D eigenvalue weighted by Gasteiger charge is -2.17. The highest BCUT2D eigenvalue weighted by Gasteiger charge is 2.35. The van der Waals surface area contributed by atoms with Crippen molar-refractivity contribution in [3.05, 3.63) is 59.9 Å². The van der Waals surface area contributed by atoms with Crippen LogP contribution in [0.4, 0.5) is 5.69 Å². The minimum absolute atomic E-state index is 0.0626. The highest BCUT2D eigenvalue weighted by Crippen LogP contribution is 2.31. The number of hydrogen-bond donors (Lipinski definition) is 1. The maximum atomic E-state index is 12.8. The van der Waals surface area contributed by atoms with Gasteiger partial charge in [0, 0.05) is 25.8 Å². The number of aromatic nitrogens is 2. The number of anilines is 1. The third kappa shape index (κ3) is 2.96. The maximum absolute atomic E-state index is 12.8. The Labute approximate surface area is 156 Å². The molecule has 2 heterocycles. The fourth-order valence-electron chi connectivity index (χ4n) is 3.52. The number of oxime groups is 1. The molecule has 0 saturated heterocycles. The van der Waals surface area contributed by atoms with Crippen LogP contribution in [0.5, 0.6) is 0 Å². The largest absolute Gasteiger partial charge is 0.410 e. The second-order valence-electron chi connectivity index (χ2n) is 6.37. The van der Waals surface area contributed by atoms with Gasteiger partial charge in [-0.15, -0.1) is 0 Å². The zero-order chi connectivity index (χ0) is 18.8. The molecule has 1 aliphatic heterocycles. The van der Waals surface area contributed by atoms with E-state index in [0.29, 0.717) is 18.7 Å². The second kappa shape index (κ2) is 7.20. The molecule has 7 nitrogen and oxygen atoms in total. The molecular formula is C20H20N4O3. The molecule has 2 aromatic carbocycles. The van der Waals surface area contributed by atoms with Gasteiger partial charge in [-0.05, 0) is 24.6 Å². The Morgan fingerprint density at radius 3 is 2.74 bits per heavy atom. The van der Waals surface area contributed by atoms with Crippen molar-refractivity contribution < 1.29 is 14.7 Å². The number of carbonyl (C=O) groups excluding carboxylic acids is 1. The molecule has 0 bridgehead atoms. The van der Waals surface area contributed by atoms with Crippen LogP contribution in [-0.2, 0) is 22.6 Å². The summed E-state index contributed by atoms with van der Waals surface area (Å²) in [5, 5.41) is 12.5. The predicted molar refractivity (Wildman–Crippen MR) is 102 cm³/mol. The van der Waals surface area contributed by atoms with Crippen molar-refractivity contribution in [2.24, 2.45) is 5.16 Å². The van der Waals surface area contributed by atoms with Gasteiger partial charge >= 0.3 is 0 Å². The Bertz CT molecular complexity index is 1020. The Kier molecular flexibility index (Phi) is 4.60. The van der Waals surface area contributed by atoms with Crippen LogP contribution in [0.1, 0.15) is 17.8 Å². The minimum atomic E-state index is -0.325. The van der Waals surface area contributed by atoms with Gasteiger partial charge in [-0.25, -0.2) is 4.98 Å². The van der Waals surface area contributed by atoms with Gasteiger partial charge in [0.2, 0.25) is 0 Å². The molecule has 0 aliphatic carbocycles. The summed E-state index contributed by atoms with van der Waals surface area (Å²) < 4.78 is 7.30. The summed E-state index contributed by atoms with van der Waals surface area (Å²) in [5.41, 5.74) is 3.34. The molecule has 1 aliphatic rings. The van der Waals surface area contributed by atoms with Crippen molar-refractivity contribution in [1.29, 1.82) is 0 Å². The van der Waals surface area contributed by atoms with E-state index in [4.69, 9.17) is 9.72 Å². The SMILES string of the molecule is COCCCn1c(CN2C(=O)C(=NO)c3ccccc32)nc2ccccc21. The van der Waals surface area contributed by atoms with Crippen LogP contribution in [0.15, 0.2) is 53.7 Å². The van der Waals surface area contributed by atoms with E-state index < -0.39 is 0 Å². The van der Waals surface area contributed by atoms with E-state index in [2.05, 4.69) is 9.72 Å². The van der Waals surface area contributed by atoms with Crippen molar-refractivity contribution >= 4 is 28.3 Å². The first-order chi connectivity index (χ1) is 13.2. The Balaban J connectivity index is 1.73. The lowest BCUT2D eigenvalue weighted by Crippen LogP contribution is -2.31. The smallest absolute Gasteiger partial charge is 0.281 e. The predicted octanol–water partition coefficient (Wildman–Crippen LogP) is 2.80. The molecule has 0 unspecified atom stereocenters. The van der Waals surface area contributed by atoms with Crippen LogP contribution in [-0.4, -0.2) is 40.1 Å². The normalized spacial score (nSPS) is 15.1. The zero-order valence-electron chi connectivity index (χ0n) is 15.0. The molecule has 1 aromatic heterocycles. The minimum Gasteiger partial charge on any atom is -0.410 e. The maximum Gasteiger partial charge on any atom is 0.281 e. The first-order valence-electron chi connectivity index (χ1n) is 8.81. The van der Waals surface area contributed by atoms with E-state index in [1.165, 1.54) is 0 Å². The molecule has 0 radical (unpaired) electrons. The third-order valence-corrected chi connectivity index (χ3v) is 4.76. The average molecular weight is 364 g/mol. The van der Waals surface area contributed by atoms with Crippen LogP contribution in [0.2, 0.25) is 0 Å². The van der Waals surface area contributed by atoms with Gasteiger partial charge < -0.3 is 14.5 Å². The number of amides is 1. The van der Waals surface area contributed by atoms with E-state index in [1.54, 1.807) is 18.1 Å². The topological polar surface area (TPSA) is 80.0 Å². The molecule has 7 heteroatoms. The molecular weight excluding hydrogens is 344 g/mol. The van der Waals surface area contributed by atoms with E-state index >= 15 is 0 Å². The Hall–Kier alpha value is -3.19. The number of aryl methyl sites for hydroxylation is 1. The molecule has 0 atom stereocenters. The first kappa shape index (κ1) is 17.2. The first-order valence-corrected chi connectivity index (χ1v) is 8.81. The molecule has 27 heavy (non-hydrogen) atoms. The highest BCUT2D eigenvalue weighted by molar-refractivity contribution is 6.54. The molecule has 0 spiro atoms. The van der Waals surface area contributed by atoms with Gasteiger partial charge in [-0.3, -0.25) is 9.69 Å². The fraction of sp³-hybridized carbons (Fsp3) is 0.250. The van der Waals surface area contributed by atoms with E-state index in [1.807, 2.05) is 42.5 Å². The standard InChI is InChI=1S/C20H20N4O3/c1-27-12-6-11-23-17-10-5-3-8-15(17)21-18(23)13-24-16-9-4-2-7-14(16)19(22-26)20(24)25/h2-5,7-10,26H,6,11-13H2,1H3. The summed E-state index contributed by atoms with van der Waals surface area (Å²) in [7, 11) is 1.68. The van der Waals surface area contributed by atoms with Gasteiger partial charge in [-0.1, -0.05) is 35.5 Å². The van der Waals surface area contributed by atoms with E-state index in [9.17, 15) is 10.0 Å². The Morgan fingerprint density at radius 1 is 1.15 bits per heavy atom. The number of fused-ring (bicyclic) bond motifs is 2. The van der Waals surface area contributed by atoms with Gasteiger partial charge in [-0.2, -0.15) is 0 Å². The molecule has 1 N–H and O–H groups in total. The van der Waals surface area contributed by atoms with E-state index in [0.717, 1.165) is 35.5 Å². The summed E-state index contributed by atoms with van der Waals surface area (Å²) in [6.07, 6.45) is 0.845. The van der Waals surface area contributed by atoms with E-state index in [-0.39, 0.29) is 11.6 Å². The zero-order valence-corrected chi connectivity index (χ0v) is 15.0. The molecule has 3 aromatic rings. The Morgan fingerprint density at radius 2 is 1.93 bits per heavy atom. The van der Waals surface area contributed by atoms with Gasteiger partial charge in [0.25, 0.3) is 5.91 Å². The number of nitrogens with zero attached hydrogens (tertiary/aromatic N) is 4. The van der Waals surface area contributed by atoms with Gasteiger partial charge in [0.15, 0.2) is 5.71 Å². The van der Waals surface area contributed by atoms with Crippen LogP contribution < -0.4 is 4.90 Å². The number of rotatable bonds is 6. The molecule has 4 rings (SSSR count). The molecule has 0 saturated carbocycles. The number of para-hydroxylation sites is 3. The number of benzene rings is 2.